The third-order valence-corrected chi connectivity index (χ3v) is 6.34. The summed E-state index contributed by atoms with van der Waals surface area (Å²) >= 11 is 6.84. The van der Waals surface area contributed by atoms with Crippen LogP contribution in [0.4, 0.5) is 5.69 Å². The van der Waals surface area contributed by atoms with E-state index in [2.05, 4.69) is 59.6 Å². The number of imide groups is 1. The second-order valence-electron chi connectivity index (χ2n) is 6.85. The lowest BCUT2D eigenvalue weighted by atomic mass is 9.92. The lowest BCUT2D eigenvalue weighted by Gasteiger charge is -2.25. The molecule has 0 bridgehead atoms. The SMILES string of the molecule is CC(C)c1cccc(C(C)C)c1N1C(=O)c2cc(Br)c(Br)cc2C1=O. The number of para-hydroxylation sites is 1. The molecule has 5 heteroatoms. The standard InChI is InChI=1S/C20H19Br2NO2/c1-10(2)12-6-5-7-13(11(3)4)18(12)23-19(24)14-8-16(21)17(22)9-15(14)20(23)25/h5-11H,1-4H3. The fourth-order valence-corrected chi connectivity index (χ4v) is 3.89. The molecule has 2 aromatic carbocycles. The topological polar surface area (TPSA) is 37.4 Å². The highest BCUT2D eigenvalue weighted by Gasteiger charge is 2.39. The van der Waals surface area contributed by atoms with E-state index < -0.39 is 0 Å². The highest BCUT2D eigenvalue weighted by molar-refractivity contribution is 9.13. The van der Waals surface area contributed by atoms with Crippen molar-refractivity contribution >= 4 is 49.4 Å². The third-order valence-electron chi connectivity index (χ3n) is 4.49. The quantitative estimate of drug-likeness (QED) is 0.502. The number of anilines is 1. The third kappa shape index (κ3) is 2.97. The van der Waals surface area contributed by atoms with Gasteiger partial charge in [0.25, 0.3) is 11.8 Å². The fourth-order valence-electron chi connectivity index (χ4n) is 3.21. The first-order chi connectivity index (χ1) is 11.7. The van der Waals surface area contributed by atoms with E-state index in [0.717, 1.165) is 25.8 Å². The number of benzene rings is 2. The molecule has 0 saturated carbocycles. The smallest absolute Gasteiger partial charge is 0.266 e. The molecule has 25 heavy (non-hydrogen) atoms. The summed E-state index contributed by atoms with van der Waals surface area (Å²) in [4.78, 5) is 27.5. The van der Waals surface area contributed by atoms with Crippen molar-refractivity contribution in [3.63, 3.8) is 0 Å². The van der Waals surface area contributed by atoms with Gasteiger partial charge in [-0.05, 0) is 67.0 Å². The molecule has 0 atom stereocenters. The summed E-state index contributed by atoms with van der Waals surface area (Å²) in [5.41, 5.74) is 3.64. The monoisotopic (exact) mass is 463 g/mol. The minimum Gasteiger partial charge on any atom is -0.268 e. The van der Waals surface area contributed by atoms with E-state index >= 15 is 0 Å². The van der Waals surface area contributed by atoms with Crippen molar-refractivity contribution < 1.29 is 9.59 Å². The molecule has 1 aliphatic heterocycles. The first-order valence-corrected chi connectivity index (χ1v) is 9.83. The van der Waals surface area contributed by atoms with Crippen LogP contribution in [0.15, 0.2) is 39.3 Å². The van der Waals surface area contributed by atoms with Gasteiger partial charge in [-0.15, -0.1) is 0 Å². The molecule has 0 N–H and O–H groups in total. The van der Waals surface area contributed by atoms with E-state index in [1.165, 1.54) is 4.90 Å². The van der Waals surface area contributed by atoms with E-state index in [0.29, 0.717) is 11.1 Å². The van der Waals surface area contributed by atoms with Crippen LogP contribution in [0.5, 0.6) is 0 Å². The largest absolute Gasteiger partial charge is 0.268 e. The molecule has 1 aliphatic rings. The predicted octanol–water partition coefficient (Wildman–Crippen LogP) is 6.26. The van der Waals surface area contributed by atoms with Crippen molar-refractivity contribution in [1.82, 2.24) is 0 Å². The van der Waals surface area contributed by atoms with Crippen molar-refractivity contribution in [3.8, 4) is 0 Å². The van der Waals surface area contributed by atoms with Gasteiger partial charge in [-0.1, -0.05) is 45.9 Å². The molecule has 3 rings (SSSR count). The Morgan fingerprint density at radius 2 is 1.20 bits per heavy atom. The van der Waals surface area contributed by atoms with E-state index in [-0.39, 0.29) is 23.7 Å². The molecule has 1 heterocycles. The number of carbonyl (C=O) groups is 2. The van der Waals surface area contributed by atoms with Crippen LogP contribution < -0.4 is 4.90 Å². The zero-order valence-corrected chi connectivity index (χ0v) is 17.7. The molecule has 2 aromatic rings. The normalized spacial score (nSPS) is 14.0. The Balaban J connectivity index is 2.25. The van der Waals surface area contributed by atoms with Crippen molar-refractivity contribution in [2.24, 2.45) is 0 Å². The van der Waals surface area contributed by atoms with Crippen molar-refractivity contribution in [3.05, 3.63) is 61.5 Å². The second kappa shape index (κ2) is 6.69. The van der Waals surface area contributed by atoms with E-state index in [1.54, 1.807) is 12.1 Å². The molecule has 0 aliphatic carbocycles. The van der Waals surface area contributed by atoms with Gasteiger partial charge in [0.05, 0.1) is 16.8 Å². The number of amides is 2. The van der Waals surface area contributed by atoms with Gasteiger partial charge in [0.15, 0.2) is 0 Å². The Morgan fingerprint density at radius 3 is 1.56 bits per heavy atom. The summed E-state index contributed by atoms with van der Waals surface area (Å²) in [7, 11) is 0. The summed E-state index contributed by atoms with van der Waals surface area (Å²) in [5, 5.41) is 0. The molecule has 2 amide bonds. The highest BCUT2D eigenvalue weighted by Crippen LogP contribution is 2.40. The summed E-state index contributed by atoms with van der Waals surface area (Å²) in [6, 6.07) is 9.43. The molecule has 3 nitrogen and oxygen atoms in total. The molecule has 0 unspecified atom stereocenters. The van der Waals surface area contributed by atoms with Crippen LogP contribution in [0.25, 0.3) is 0 Å². The van der Waals surface area contributed by atoms with E-state index in [9.17, 15) is 9.59 Å². The number of carbonyl (C=O) groups excluding carboxylic acids is 2. The minimum atomic E-state index is -0.261. The van der Waals surface area contributed by atoms with Gasteiger partial charge in [0, 0.05) is 8.95 Å². The van der Waals surface area contributed by atoms with Gasteiger partial charge in [-0.2, -0.15) is 0 Å². The number of rotatable bonds is 3. The van der Waals surface area contributed by atoms with E-state index in [1.807, 2.05) is 18.2 Å². The average Bonchev–Trinajstić information content (AvgIpc) is 2.78. The molecule has 0 fully saturated rings. The summed E-state index contributed by atoms with van der Waals surface area (Å²) in [5.74, 6) is -0.112. The molecular weight excluding hydrogens is 446 g/mol. The number of nitrogens with zero attached hydrogens (tertiary/aromatic N) is 1. The molecule has 0 spiro atoms. The Bertz CT molecular complexity index is 820. The van der Waals surface area contributed by atoms with Gasteiger partial charge < -0.3 is 0 Å². The van der Waals surface area contributed by atoms with Crippen LogP contribution in [0, 0.1) is 0 Å². The number of halogens is 2. The van der Waals surface area contributed by atoms with Gasteiger partial charge in [-0.25, -0.2) is 4.90 Å². The Morgan fingerprint density at radius 1 is 0.800 bits per heavy atom. The zero-order chi connectivity index (χ0) is 18.5. The lowest BCUT2D eigenvalue weighted by molar-refractivity contribution is 0.0925. The summed E-state index contributed by atoms with van der Waals surface area (Å²) < 4.78 is 1.52. The molecule has 0 aromatic heterocycles. The molecule has 0 radical (unpaired) electrons. The van der Waals surface area contributed by atoms with Gasteiger partial charge in [0.2, 0.25) is 0 Å². The van der Waals surface area contributed by atoms with Crippen molar-refractivity contribution in [1.29, 1.82) is 0 Å². The predicted molar refractivity (Wildman–Crippen MR) is 108 cm³/mol. The molecule has 0 saturated heterocycles. The number of hydrogen-bond donors (Lipinski definition) is 0. The van der Waals surface area contributed by atoms with Gasteiger partial charge in [0.1, 0.15) is 0 Å². The maximum Gasteiger partial charge on any atom is 0.266 e. The first-order valence-electron chi connectivity index (χ1n) is 8.24. The van der Waals surface area contributed by atoms with Crippen LogP contribution in [-0.2, 0) is 0 Å². The van der Waals surface area contributed by atoms with Crippen LogP contribution in [0.2, 0.25) is 0 Å². The van der Waals surface area contributed by atoms with Crippen molar-refractivity contribution in [2.75, 3.05) is 4.90 Å². The fraction of sp³-hybridized carbons (Fsp3) is 0.300. The van der Waals surface area contributed by atoms with Crippen LogP contribution in [0.1, 0.15) is 71.4 Å². The maximum atomic E-state index is 13.1. The molecule has 130 valence electrons. The summed E-state index contributed by atoms with van der Waals surface area (Å²) in [6.07, 6.45) is 0. The van der Waals surface area contributed by atoms with Gasteiger partial charge in [-0.3, -0.25) is 9.59 Å². The number of fused-ring (bicyclic) bond motifs is 1. The minimum absolute atomic E-state index is 0.205. The Labute approximate surface area is 164 Å². The zero-order valence-electron chi connectivity index (χ0n) is 14.6. The summed E-state index contributed by atoms with van der Waals surface area (Å²) in [6.45, 7) is 8.31. The van der Waals surface area contributed by atoms with E-state index in [4.69, 9.17) is 0 Å². The number of hydrogen-bond acceptors (Lipinski definition) is 2. The van der Waals surface area contributed by atoms with Crippen LogP contribution >= 0.6 is 31.9 Å². The Kier molecular flexibility index (Phi) is 4.91. The lowest BCUT2D eigenvalue weighted by Crippen LogP contribution is -2.31. The van der Waals surface area contributed by atoms with Crippen LogP contribution in [0.3, 0.4) is 0 Å². The second-order valence-corrected chi connectivity index (χ2v) is 8.56. The highest BCUT2D eigenvalue weighted by atomic mass is 79.9. The van der Waals surface area contributed by atoms with Gasteiger partial charge >= 0.3 is 0 Å². The van der Waals surface area contributed by atoms with Crippen LogP contribution in [-0.4, -0.2) is 11.8 Å². The maximum absolute atomic E-state index is 13.1. The average molecular weight is 465 g/mol. The first kappa shape index (κ1) is 18.3. The molecular formula is C20H19Br2NO2. The van der Waals surface area contributed by atoms with Crippen molar-refractivity contribution in [2.45, 2.75) is 39.5 Å². The Hall–Kier alpha value is -1.46.